The van der Waals surface area contributed by atoms with Gasteiger partial charge in [0.15, 0.2) is 0 Å². The highest BCUT2D eigenvalue weighted by atomic mass is 19.4. The van der Waals surface area contributed by atoms with Crippen LogP contribution in [0.25, 0.3) is 0 Å². The van der Waals surface area contributed by atoms with Crippen LogP contribution in [0.2, 0.25) is 0 Å². The van der Waals surface area contributed by atoms with Crippen molar-refractivity contribution < 1.29 is 22.8 Å². The van der Waals surface area contributed by atoms with Gasteiger partial charge in [-0.3, -0.25) is 4.79 Å². The first-order valence-electron chi connectivity index (χ1n) is 5.55. The molecule has 0 aromatic carbocycles. The monoisotopic (exact) mass is 267 g/mol. The van der Waals surface area contributed by atoms with Crippen molar-refractivity contribution in [2.75, 3.05) is 13.1 Å². The van der Waals surface area contributed by atoms with Crippen molar-refractivity contribution in [3.05, 3.63) is 0 Å². The maximum atomic E-state index is 12.3. The van der Waals surface area contributed by atoms with E-state index in [1.165, 1.54) is 6.92 Å². The van der Waals surface area contributed by atoms with Gasteiger partial charge in [-0.2, -0.15) is 13.2 Å². The number of hydrogen-bond donors (Lipinski definition) is 2. The molecular weight excluding hydrogens is 251 g/mol. The number of likely N-dealkylation sites (tertiary alicyclic amines) is 1. The van der Waals surface area contributed by atoms with Crippen LogP contribution in [0.4, 0.5) is 18.0 Å². The lowest BCUT2D eigenvalue weighted by Crippen LogP contribution is -2.54. The first-order valence-corrected chi connectivity index (χ1v) is 5.55. The standard InChI is InChI=1S/C10H16F3N3O2/c1-6(17)15-8-2-7(3-10(11,12)13)4-16(5-8)9(14)18/h7-8H,2-5H2,1H3,(H2,14,18)(H,15,17). The Labute approximate surface area is 102 Å². The van der Waals surface area contributed by atoms with E-state index < -0.39 is 30.6 Å². The number of halogens is 3. The van der Waals surface area contributed by atoms with Gasteiger partial charge in [-0.25, -0.2) is 4.79 Å². The fraction of sp³-hybridized carbons (Fsp3) is 0.800. The number of piperidine rings is 1. The molecule has 2 unspecified atom stereocenters. The molecule has 0 spiro atoms. The second-order valence-electron chi connectivity index (χ2n) is 4.56. The number of carbonyl (C=O) groups excluding carboxylic acids is 2. The number of hydrogen-bond acceptors (Lipinski definition) is 2. The maximum Gasteiger partial charge on any atom is 0.389 e. The molecule has 8 heteroatoms. The number of rotatable bonds is 2. The molecule has 0 bridgehead atoms. The van der Waals surface area contributed by atoms with E-state index in [2.05, 4.69) is 5.32 Å². The van der Waals surface area contributed by atoms with E-state index in [4.69, 9.17) is 5.73 Å². The summed E-state index contributed by atoms with van der Waals surface area (Å²) in [6, 6.07) is -1.24. The van der Waals surface area contributed by atoms with Crippen LogP contribution in [0, 0.1) is 5.92 Å². The normalized spacial score (nSPS) is 24.8. The van der Waals surface area contributed by atoms with Crippen molar-refractivity contribution in [1.82, 2.24) is 10.2 Å². The Hall–Kier alpha value is -1.47. The van der Waals surface area contributed by atoms with Crippen molar-refractivity contribution in [3.63, 3.8) is 0 Å². The molecule has 18 heavy (non-hydrogen) atoms. The zero-order chi connectivity index (χ0) is 13.9. The van der Waals surface area contributed by atoms with Gasteiger partial charge < -0.3 is 16.0 Å². The van der Waals surface area contributed by atoms with Gasteiger partial charge in [0.2, 0.25) is 5.91 Å². The molecule has 104 valence electrons. The van der Waals surface area contributed by atoms with Crippen molar-refractivity contribution in [3.8, 4) is 0 Å². The zero-order valence-electron chi connectivity index (χ0n) is 9.96. The Morgan fingerprint density at radius 2 is 2.00 bits per heavy atom. The molecule has 0 radical (unpaired) electrons. The average molecular weight is 267 g/mol. The van der Waals surface area contributed by atoms with Gasteiger partial charge in [0.25, 0.3) is 0 Å². The largest absolute Gasteiger partial charge is 0.389 e. The summed E-state index contributed by atoms with van der Waals surface area (Å²) in [7, 11) is 0. The Balaban J connectivity index is 2.68. The van der Waals surface area contributed by atoms with Crippen molar-refractivity contribution in [1.29, 1.82) is 0 Å². The summed E-state index contributed by atoms with van der Waals surface area (Å²) in [5, 5.41) is 2.53. The van der Waals surface area contributed by atoms with Crippen LogP contribution in [-0.2, 0) is 4.79 Å². The second-order valence-corrected chi connectivity index (χ2v) is 4.56. The predicted molar refractivity (Wildman–Crippen MR) is 57.5 cm³/mol. The summed E-state index contributed by atoms with van der Waals surface area (Å²) in [4.78, 5) is 23.1. The highest BCUT2D eigenvalue weighted by Gasteiger charge is 2.37. The summed E-state index contributed by atoms with van der Waals surface area (Å²) in [6.07, 6.45) is -5.07. The molecule has 0 aliphatic carbocycles. The smallest absolute Gasteiger partial charge is 0.352 e. The summed E-state index contributed by atoms with van der Waals surface area (Å²) in [5.41, 5.74) is 5.08. The molecule has 1 aliphatic rings. The van der Waals surface area contributed by atoms with Crippen molar-refractivity contribution >= 4 is 11.9 Å². The fourth-order valence-electron chi connectivity index (χ4n) is 2.25. The zero-order valence-corrected chi connectivity index (χ0v) is 9.96. The molecule has 1 rings (SSSR count). The number of urea groups is 1. The lowest BCUT2D eigenvalue weighted by molar-refractivity contribution is -0.148. The number of amides is 3. The highest BCUT2D eigenvalue weighted by Crippen LogP contribution is 2.30. The van der Waals surface area contributed by atoms with Crippen LogP contribution in [0.3, 0.4) is 0 Å². The quantitative estimate of drug-likeness (QED) is 0.778. The van der Waals surface area contributed by atoms with Gasteiger partial charge in [0.05, 0.1) is 0 Å². The molecule has 1 aliphatic heterocycles. The number of nitrogens with one attached hydrogen (secondary N) is 1. The third-order valence-electron chi connectivity index (χ3n) is 2.78. The van der Waals surface area contributed by atoms with Gasteiger partial charge in [-0.05, 0) is 12.3 Å². The Bertz CT molecular complexity index is 333. The average Bonchev–Trinajstić information content (AvgIpc) is 2.12. The Morgan fingerprint density at radius 1 is 1.39 bits per heavy atom. The van der Waals surface area contributed by atoms with E-state index in [-0.39, 0.29) is 25.4 Å². The van der Waals surface area contributed by atoms with Gasteiger partial charge >= 0.3 is 12.2 Å². The molecule has 1 heterocycles. The Kier molecular flexibility index (Phi) is 4.42. The Morgan fingerprint density at radius 3 is 2.44 bits per heavy atom. The predicted octanol–water partition coefficient (Wildman–Crippen LogP) is 0.844. The first kappa shape index (κ1) is 14.6. The van der Waals surface area contributed by atoms with E-state index in [9.17, 15) is 22.8 Å². The summed E-state index contributed by atoms with van der Waals surface area (Å²) >= 11 is 0. The van der Waals surface area contributed by atoms with Crippen LogP contribution in [0.15, 0.2) is 0 Å². The molecule has 1 fully saturated rings. The number of nitrogens with two attached hydrogens (primary N) is 1. The molecule has 2 atom stereocenters. The van der Waals surface area contributed by atoms with E-state index in [1.54, 1.807) is 0 Å². The van der Waals surface area contributed by atoms with Crippen LogP contribution in [-0.4, -0.2) is 42.1 Å². The highest BCUT2D eigenvalue weighted by molar-refractivity contribution is 5.74. The summed E-state index contributed by atoms with van der Waals surface area (Å²) in [6.45, 7) is 1.41. The third kappa shape index (κ3) is 4.80. The summed E-state index contributed by atoms with van der Waals surface area (Å²) < 4.78 is 37.0. The van der Waals surface area contributed by atoms with Crippen LogP contribution < -0.4 is 11.1 Å². The van der Waals surface area contributed by atoms with E-state index >= 15 is 0 Å². The fourth-order valence-corrected chi connectivity index (χ4v) is 2.25. The van der Waals surface area contributed by atoms with Gasteiger partial charge in [0.1, 0.15) is 0 Å². The molecule has 3 N–H and O–H groups in total. The van der Waals surface area contributed by atoms with Gasteiger partial charge in [-0.15, -0.1) is 0 Å². The van der Waals surface area contributed by atoms with Gasteiger partial charge in [-0.1, -0.05) is 0 Å². The topological polar surface area (TPSA) is 75.4 Å². The van der Waals surface area contributed by atoms with Gasteiger partial charge in [0, 0.05) is 32.5 Å². The van der Waals surface area contributed by atoms with Crippen LogP contribution >= 0.6 is 0 Å². The minimum absolute atomic E-state index is 0.0229. The third-order valence-corrected chi connectivity index (χ3v) is 2.78. The lowest BCUT2D eigenvalue weighted by Gasteiger charge is -2.37. The van der Waals surface area contributed by atoms with Crippen LogP contribution in [0.1, 0.15) is 19.8 Å². The molecule has 5 nitrogen and oxygen atoms in total. The van der Waals surface area contributed by atoms with Crippen molar-refractivity contribution in [2.45, 2.75) is 32.0 Å². The molecule has 3 amide bonds. The first-order chi connectivity index (χ1) is 8.17. The number of alkyl halides is 3. The van der Waals surface area contributed by atoms with Crippen LogP contribution in [0.5, 0.6) is 0 Å². The number of nitrogens with zero attached hydrogens (tertiary/aromatic N) is 1. The number of carbonyl (C=O) groups is 2. The maximum absolute atomic E-state index is 12.3. The van der Waals surface area contributed by atoms with E-state index in [1.807, 2.05) is 0 Å². The summed E-state index contributed by atoms with van der Waals surface area (Å²) in [5.74, 6) is -1.07. The van der Waals surface area contributed by atoms with E-state index in [0.717, 1.165) is 4.90 Å². The van der Waals surface area contributed by atoms with E-state index in [0.29, 0.717) is 0 Å². The minimum Gasteiger partial charge on any atom is -0.352 e. The SMILES string of the molecule is CC(=O)NC1CC(CC(F)(F)F)CN(C(N)=O)C1. The molecule has 0 aromatic rings. The molecular formula is C10H16F3N3O2. The minimum atomic E-state index is -4.29. The lowest BCUT2D eigenvalue weighted by atomic mass is 9.91. The molecule has 1 saturated heterocycles. The molecule has 0 aromatic heterocycles. The number of primary amides is 1. The molecule has 0 saturated carbocycles. The van der Waals surface area contributed by atoms with Crippen molar-refractivity contribution in [2.24, 2.45) is 11.7 Å². The second kappa shape index (κ2) is 5.45.